The standard InChI is InChI=1S/C25H31NO/c1-3-4-5-6-7-8-9-10-11-14-21-18-17-20(2)19-22(21)25-26-23-15-12-13-16-24(23)27-25/h10-13,15-19H,3-9,14H2,1-2H3/b11-10+. The van der Waals surface area contributed by atoms with Gasteiger partial charge in [-0.25, -0.2) is 4.98 Å². The van der Waals surface area contributed by atoms with Crippen LogP contribution in [0.2, 0.25) is 0 Å². The van der Waals surface area contributed by atoms with Crippen molar-refractivity contribution in [3.63, 3.8) is 0 Å². The van der Waals surface area contributed by atoms with Gasteiger partial charge in [0, 0.05) is 5.56 Å². The van der Waals surface area contributed by atoms with E-state index >= 15 is 0 Å². The molecule has 0 amide bonds. The second-order valence-electron chi connectivity index (χ2n) is 7.38. The minimum Gasteiger partial charge on any atom is -0.436 e. The number of aromatic nitrogens is 1. The summed E-state index contributed by atoms with van der Waals surface area (Å²) in [4.78, 5) is 4.69. The molecular formula is C25H31NO. The number of oxazole rings is 1. The molecule has 0 saturated carbocycles. The van der Waals surface area contributed by atoms with Crippen molar-refractivity contribution in [2.75, 3.05) is 0 Å². The van der Waals surface area contributed by atoms with Gasteiger partial charge in [-0.2, -0.15) is 0 Å². The Balaban J connectivity index is 1.62. The van der Waals surface area contributed by atoms with Gasteiger partial charge in [-0.3, -0.25) is 0 Å². The van der Waals surface area contributed by atoms with Crippen LogP contribution in [0.4, 0.5) is 0 Å². The lowest BCUT2D eigenvalue weighted by molar-refractivity contribution is 0.611. The molecule has 2 heteroatoms. The number of hydrogen-bond acceptors (Lipinski definition) is 2. The summed E-state index contributed by atoms with van der Waals surface area (Å²) in [7, 11) is 0. The van der Waals surface area contributed by atoms with E-state index in [1.807, 2.05) is 24.3 Å². The maximum Gasteiger partial charge on any atom is 0.227 e. The lowest BCUT2D eigenvalue weighted by Crippen LogP contribution is -1.90. The van der Waals surface area contributed by atoms with Crippen LogP contribution in [0.1, 0.15) is 63.0 Å². The summed E-state index contributed by atoms with van der Waals surface area (Å²) >= 11 is 0. The van der Waals surface area contributed by atoms with E-state index in [-0.39, 0.29) is 0 Å². The Bertz CT molecular complexity index is 842. The van der Waals surface area contributed by atoms with Crippen molar-refractivity contribution in [1.82, 2.24) is 4.98 Å². The van der Waals surface area contributed by atoms with Gasteiger partial charge >= 0.3 is 0 Å². The van der Waals surface area contributed by atoms with E-state index < -0.39 is 0 Å². The second kappa shape index (κ2) is 10.1. The smallest absolute Gasteiger partial charge is 0.227 e. The van der Waals surface area contributed by atoms with E-state index in [2.05, 4.69) is 49.2 Å². The zero-order chi connectivity index (χ0) is 18.9. The highest BCUT2D eigenvalue weighted by molar-refractivity contribution is 5.76. The Labute approximate surface area is 163 Å². The normalized spacial score (nSPS) is 11.6. The van der Waals surface area contributed by atoms with E-state index in [1.54, 1.807) is 0 Å². The maximum absolute atomic E-state index is 6.01. The molecule has 2 nitrogen and oxygen atoms in total. The molecule has 2 aromatic carbocycles. The van der Waals surface area contributed by atoms with E-state index in [1.165, 1.54) is 56.1 Å². The predicted molar refractivity (Wildman–Crippen MR) is 115 cm³/mol. The highest BCUT2D eigenvalue weighted by Crippen LogP contribution is 2.28. The molecule has 0 bridgehead atoms. The number of rotatable bonds is 10. The van der Waals surface area contributed by atoms with Crippen molar-refractivity contribution in [2.45, 2.75) is 65.2 Å². The first-order chi connectivity index (χ1) is 13.3. The highest BCUT2D eigenvalue weighted by atomic mass is 16.3. The Morgan fingerprint density at radius 3 is 2.59 bits per heavy atom. The van der Waals surface area contributed by atoms with Crippen LogP contribution in [-0.4, -0.2) is 4.98 Å². The predicted octanol–water partition coefficient (Wildman–Crippen LogP) is 7.65. The minimum atomic E-state index is 0.722. The molecule has 0 radical (unpaired) electrons. The van der Waals surface area contributed by atoms with Crippen LogP contribution in [0.3, 0.4) is 0 Å². The molecule has 1 heterocycles. The van der Waals surface area contributed by atoms with E-state index in [4.69, 9.17) is 4.42 Å². The second-order valence-corrected chi connectivity index (χ2v) is 7.38. The molecule has 0 atom stereocenters. The van der Waals surface area contributed by atoms with Crippen LogP contribution >= 0.6 is 0 Å². The fourth-order valence-corrected chi connectivity index (χ4v) is 3.43. The van der Waals surface area contributed by atoms with Gasteiger partial charge < -0.3 is 4.42 Å². The third-order valence-electron chi connectivity index (χ3n) is 5.02. The van der Waals surface area contributed by atoms with Gasteiger partial charge in [0.05, 0.1) is 0 Å². The molecule has 142 valence electrons. The van der Waals surface area contributed by atoms with Crippen LogP contribution in [-0.2, 0) is 6.42 Å². The first-order valence-corrected chi connectivity index (χ1v) is 10.4. The number of fused-ring (bicyclic) bond motifs is 1. The van der Waals surface area contributed by atoms with Gasteiger partial charge in [-0.05, 0) is 49.9 Å². The van der Waals surface area contributed by atoms with Crippen LogP contribution in [0.5, 0.6) is 0 Å². The van der Waals surface area contributed by atoms with Crippen LogP contribution < -0.4 is 0 Å². The van der Waals surface area contributed by atoms with E-state index in [9.17, 15) is 0 Å². The molecule has 27 heavy (non-hydrogen) atoms. The van der Waals surface area contributed by atoms with Crippen molar-refractivity contribution in [2.24, 2.45) is 0 Å². The fourth-order valence-electron chi connectivity index (χ4n) is 3.43. The molecule has 0 unspecified atom stereocenters. The molecule has 0 aliphatic heterocycles. The molecule has 0 aliphatic carbocycles. The average Bonchev–Trinajstić information content (AvgIpc) is 3.11. The lowest BCUT2D eigenvalue weighted by Gasteiger charge is -2.06. The van der Waals surface area contributed by atoms with Crippen molar-refractivity contribution >= 4 is 11.1 Å². The fraction of sp³-hybridized carbons (Fsp3) is 0.400. The first kappa shape index (κ1) is 19.4. The molecule has 0 fully saturated rings. The Morgan fingerprint density at radius 2 is 1.74 bits per heavy atom. The molecule has 0 spiro atoms. The van der Waals surface area contributed by atoms with Gasteiger partial charge in [0.25, 0.3) is 0 Å². The van der Waals surface area contributed by atoms with Crippen LogP contribution in [0.25, 0.3) is 22.6 Å². The number of benzene rings is 2. The van der Waals surface area contributed by atoms with Crippen molar-refractivity contribution in [3.05, 3.63) is 65.7 Å². The van der Waals surface area contributed by atoms with Crippen LogP contribution in [0, 0.1) is 6.92 Å². The monoisotopic (exact) mass is 361 g/mol. The zero-order valence-electron chi connectivity index (χ0n) is 16.7. The maximum atomic E-state index is 6.01. The molecule has 0 aliphatic rings. The summed E-state index contributed by atoms with van der Waals surface area (Å²) in [5.41, 5.74) is 5.37. The molecule has 1 aromatic heterocycles. The Kier molecular flexibility index (Phi) is 7.27. The van der Waals surface area contributed by atoms with Crippen molar-refractivity contribution in [1.29, 1.82) is 0 Å². The average molecular weight is 362 g/mol. The largest absolute Gasteiger partial charge is 0.436 e. The van der Waals surface area contributed by atoms with E-state index in [0.717, 1.165) is 29.0 Å². The number of allylic oxidation sites excluding steroid dienone is 2. The minimum absolute atomic E-state index is 0.722. The van der Waals surface area contributed by atoms with E-state index in [0.29, 0.717) is 0 Å². The lowest BCUT2D eigenvalue weighted by atomic mass is 10.0. The van der Waals surface area contributed by atoms with Crippen LogP contribution in [0.15, 0.2) is 59.0 Å². The quantitative estimate of drug-likeness (QED) is 0.274. The summed E-state index contributed by atoms with van der Waals surface area (Å²) in [6.45, 7) is 4.38. The topological polar surface area (TPSA) is 26.0 Å². The van der Waals surface area contributed by atoms with Crippen molar-refractivity contribution < 1.29 is 4.42 Å². The van der Waals surface area contributed by atoms with Gasteiger partial charge in [0.15, 0.2) is 5.58 Å². The number of nitrogens with zero attached hydrogens (tertiary/aromatic N) is 1. The molecule has 0 saturated heterocycles. The van der Waals surface area contributed by atoms with Gasteiger partial charge in [0.2, 0.25) is 5.89 Å². The van der Waals surface area contributed by atoms with Gasteiger partial charge in [-0.1, -0.05) is 81.0 Å². The Hall–Kier alpha value is -2.35. The third-order valence-corrected chi connectivity index (χ3v) is 5.02. The molecule has 3 rings (SSSR count). The van der Waals surface area contributed by atoms with Crippen molar-refractivity contribution in [3.8, 4) is 11.5 Å². The number of unbranched alkanes of at least 4 members (excludes halogenated alkanes) is 6. The SMILES string of the molecule is CCCCCCCC/C=C/Cc1ccc(C)cc1-c1nc2ccccc2o1. The molecular weight excluding hydrogens is 330 g/mol. The van der Waals surface area contributed by atoms with Gasteiger partial charge in [-0.15, -0.1) is 0 Å². The first-order valence-electron chi connectivity index (χ1n) is 10.4. The third kappa shape index (κ3) is 5.56. The molecule has 0 N–H and O–H groups in total. The van der Waals surface area contributed by atoms with Gasteiger partial charge in [0.1, 0.15) is 5.52 Å². The molecule has 3 aromatic rings. The Morgan fingerprint density at radius 1 is 0.926 bits per heavy atom. The summed E-state index contributed by atoms with van der Waals surface area (Å²) < 4.78 is 6.01. The zero-order valence-corrected chi connectivity index (χ0v) is 16.7. The number of para-hydroxylation sites is 2. The number of hydrogen-bond donors (Lipinski definition) is 0. The summed E-state index contributed by atoms with van der Waals surface area (Å²) in [5.74, 6) is 0.722. The summed E-state index contributed by atoms with van der Waals surface area (Å²) in [6.07, 6.45) is 14.8. The summed E-state index contributed by atoms with van der Waals surface area (Å²) in [5, 5.41) is 0. The number of aryl methyl sites for hydroxylation is 1. The summed E-state index contributed by atoms with van der Waals surface area (Å²) in [6, 6.07) is 14.5. The highest BCUT2D eigenvalue weighted by Gasteiger charge is 2.11.